The summed E-state index contributed by atoms with van der Waals surface area (Å²) in [6.45, 7) is 0.809. The van der Waals surface area contributed by atoms with Crippen LogP contribution in [0.15, 0.2) is 54.9 Å². The van der Waals surface area contributed by atoms with Gasteiger partial charge in [-0.25, -0.2) is 0 Å². The summed E-state index contributed by atoms with van der Waals surface area (Å²) < 4.78 is 2.11. The lowest BCUT2D eigenvalue weighted by atomic mass is 10.2. The molecule has 0 unspecified atom stereocenters. The lowest BCUT2D eigenvalue weighted by molar-refractivity contribution is 0.842. The highest BCUT2D eigenvalue weighted by molar-refractivity contribution is 5.81. The van der Waals surface area contributed by atoms with E-state index in [2.05, 4.69) is 52.4 Å². The lowest BCUT2D eigenvalue weighted by Gasteiger charge is -2.08. The van der Waals surface area contributed by atoms with E-state index in [9.17, 15) is 0 Å². The highest BCUT2D eigenvalue weighted by Crippen LogP contribution is 2.16. The second kappa shape index (κ2) is 4.53. The van der Waals surface area contributed by atoms with Crippen molar-refractivity contribution in [1.29, 1.82) is 0 Å². The topological polar surface area (TPSA) is 29.9 Å². The predicted octanol–water partition coefficient (Wildman–Crippen LogP) is 3.19. The van der Waals surface area contributed by atoms with E-state index < -0.39 is 0 Å². The van der Waals surface area contributed by atoms with Crippen molar-refractivity contribution in [3.8, 4) is 0 Å². The summed E-state index contributed by atoms with van der Waals surface area (Å²) in [4.78, 5) is 4.43. The number of anilines is 1. The van der Waals surface area contributed by atoms with E-state index in [4.69, 9.17) is 0 Å². The second-order valence-electron chi connectivity index (χ2n) is 4.38. The van der Waals surface area contributed by atoms with Gasteiger partial charge in [-0.2, -0.15) is 0 Å². The van der Waals surface area contributed by atoms with Crippen molar-refractivity contribution >= 4 is 16.6 Å². The Labute approximate surface area is 106 Å². The molecule has 2 heterocycles. The fourth-order valence-corrected chi connectivity index (χ4v) is 2.04. The van der Waals surface area contributed by atoms with Gasteiger partial charge in [0.15, 0.2) is 0 Å². The van der Waals surface area contributed by atoms with Crippen molar-refractivity contribution in [2.24, 2.45) is 7.05 Å². The van der Waals surface area contributed by atoms with Crippen LogP contribution in [-0.4, -0.2) is 9.55 Å². The van der Waals surface area contributed by atoms with E-state index in [-0.39, 0.29) is 0 Å². The molecule has 2 aromatic heterocycles. The Hall–Kier alpha value is -2.29. The number of aryl methyl sites for hydroxylation is 1. The van der Waals surface area contributed by atoms with Crippen LogP contribution in [0.2, 0.25) is 0 Å². The molecule has 3 nitrogen and oxygen atoms in total. The Morgan fingerprint density at radius 1 is 1.17 bits per heavy atom. The third kappa shape index (κ3) is 2.07. The molecule has 1 N–H and O–H groups in total. The zero-order valence-electron chi connectivity index (χ0n) is 10.3. The average molecular weight is 237 g/mol. The fraction of sp³-hybridized carbons (Fsp3) is 0.133. The standard InChI is InChI=1S/C15H15N3/c1-18-8-4-6-14(18)11-16-13-9-12-5-2-3-7-15(12)17-10-13/h2-10,16H,11H2,1H3. The van der Waals surface area contributed by atoms with Crippen LogP contribution in [0.5, 0.6) is 0 Å². The molecule has 1 aromatic carbocycles. The maximum absolute atomic E-state index is 4.43. The minimum Gasteiger partial charge on any atom is -0.378 e. The first-order valence-corrected chi connectivity index (χ1v) is 6.02. The number of hydrogen-bond donors (Lipinski definition) is 1. The number of pyridine rings is 1. The van der Waals surface area contributed by atoms with Gasteiger partial charge >= 0.3 is 0 Å². The Morgan fingerprint density at radius 2 is 2.06 bits per heavy atom. The normalized spacial score (nSPS) is 10.7. The monoisotopic (exact) mass is 237 g/mol. The van der Waals surface area contributed by atoms with Crippen LogP contribution in [-0.2, 0) is 13.6 Å². The lowest BCUT2D eigenvalue weighted by Crippen LogP contribution is -2.04. The maximum atomic E-state index is 4.43. The predicted molar refractivity (Wildman–Crippen MR) is 74.5 cm³/mol. The molecule has 0 aliphatic rings. The molecule has 0 atom stereocenters. The summed E-state index contributed by atoms with van der Waals surface area (Å²) in [5, 5.41) is 4.56. The minimum absolute atomic E-state index is 0.809. The Bertz CT molecular complexity index is 670. The van der Waals surface area contributed by atoms with E-state index in [1.165, 1.54) is 5.69 Å². The van der Waals surface area contributed by atoms with Crippen molar-refractivity contribution in [2.75, 3.05) is 5.32 Å². The molecule has 0 saturated carbocycles. The molecule has 3 heteroatoms. The van der Waals surface area contributed by atoms with Gasteiger partial charge in [0.2, 0.25) is 0 Å². The quantitative estimate of drug-likeness (QED) is 0.758. The number of nitrogens with zero attached hydrogens (tertiary/aromatic N) is 2. The van der Waals surface area contributed by atoms with Gasteiger partial charge in [-0.05, 0) is 24.3 Å². The first-order chi connectivity index (χ1) is 8.83. The maximum Gasteiger partial charge on any atom is 0.0703 e. The van der Waals surface area contributed by atoms with Crippen LogP contribution in [0.4, 0.5) is 5.69 Å². The molecule has 3 rings (SSSR count). The van der Waals surface area contributed by atoms with Crippen molar-refractivity contribution in [3.63, 3.8) is 0 Å². The Morgan fingerprint density at radius 3 is 2.89 bits per heavy atom. The molecule has 0 radical (unpaired) electrons. The van der Waals surface area contributed by atoms with Crippen LogP contribution in [0, 0.1) is 0 Å². The summed E-state index contributed by atoms with van der Waals surface area (Å²) in [6.07, 6.45) is 3.93. The highest BCUT2D eigenvalue weighted by atomic mass is 15.0. The number of aromatic nitrogens is 2. The first kappa shape index (κ1) is 10.8. The van der Waals surface area contributed by atoms with Crippen molar-refractivity contribution in [2.45, 2.75) is 6.54 Å². The number of rotatable bonds is 3. The smallest absolute Gasteiger partial charge is 0.0703 e. The van der Waals surface area contributed by atoms with Crippen molar-refractivity contribution in [1.82, 2.24) is 9.55 Å². The van der Waals surface area contributed by atoms with Gasteiger partial charge in [-0.1, -0.05) is 18.2 Å². The number of para-hydroxylation sites is 1. The van der Waals surface area contributed by atoms with E-state index in [1.807, 2.05) is 24.4 Å². The zero-order chi connectivity index (χ0) is 12.4. The molecule has 0 spiro atoms. The van der Waals surface area contributed by atoms with Crippen LogP contribution < -0.4 is 5.32 Å². The van der Waals surface area contributed by atoms with Gasteiger partial charge in [0.25, 0.3) is 0 Å². The fourth-order valence-electron chi connectivity index (χ4n) is 2.04. The van der Waals surface area contributed by atoms with Crippen molar-refractivity contribution in [3.05, 3.63) is 60.6 Å². The Balaban J connectivity index is 1.81. The number of hydrogen-bond acceptors (Lipinski definition) is 2. The summed E-state index contributed by atoms with van der Waals surface area (Å²) in [6, 6.07) is 14.4. The van der Waals surface area contributed by atoms with Crippen LogP contribution in [0.1, 0.15) is 5.69 Å². The van der Waals surface area contributed by atoms with E-state index in [0.29, 0.717) is 0 Å². The molecule has 3 aromatic rings. The van der Waals surface area contributed by atoms with Crippen molar-refractivity contribution < 1.29 is 0 Å². The molecule has 0 fully saturated rings. The summed E-state index contributed by atoms with van der Waals surface area (Å²) in [5.74, 6) is 0. The van der Waals surface area contributed by atoms with Gasteiger partial charge in [0, 0.05) is 24.3 Å². The van der Waals surface area contributed by atoms with E-state index >= 15 is 0 Å². The molecule has 90 valence electrons. The van der Waals surface area contributed by atoms with Crippen LogP contribution in [0.25, 0.3) is 10.9 Å². The number of fused-ring (bicyclic) bond motifs is 1. The SMILES string of the molecule is Cn1cccc1CNc1cnc2ccccc2c1. The molecule has 0 aliphatic heterocycles. The zero-order valence-corrected chi connectivity index (χ0v) is 10.3. The summed E-state index contributed by atoms with van der Waals surface area (Å²) >= 11 is 0. The largest absolute Gasteiger partial charge is 0.378 e. The highest BCUT2D eigenvalue weighted by Gasteiger charge is 1.99. The molecule has 0 bridgehead atoms. The van der Waals surface area contributed by atoms with Gasteiger partial charge < -0.3 is 9.88 Å². The Kier molecular flexibility index (Phi) is 2.73. The molecular weight excluding hydrogens is 222 g/mol. The molecular formula is C15H15N3. The van der Waals surface area contributed by atoms with Crippen LogP contribution >= 0.6 is 0 Å². The first-order valence-electron chi connectivity index (χ1n) is 6.02. The van der Waals surface area contributed by atoms with Crippen LogP contribution in [0.3, 0.4) is 0 Å². The molecule has 0 amide bonds. The molecule has 0 aliphatic carbocycles. The van der Waals surface area contributed by atoms with E-state index in [1.54, 1.807) is 0 Å². The van der Waals surface area contributed by atoms with Gasteiger partial charge in [0.1, 0.15) is 0 Å². The van der Waals surface area contributed by atoms with E-state index in [0.717, 1.165) is 23.1 Å². The number of nitrogens with one attached hydrogen (secondary N) is 1. The average Bonchev–Trinajstić information content (AvgIpc) is 2.82. The summed E-state index contributed by atoms with van der Waals surface area (Å²) in [7, 11) is 2.05. The third-order valence-corrected chi connectivity index (χ3v) is 3.12. The second-order valence-corrected chi connectivity index (χ2v) is 4.38. The van der Waals surface area contributed by atoms with Gasteiger partial charge in [-0.15, -0.1) is 0 Å². The molecule has 0 saturated heterocycles. The third-order valence-electron chi connectivity index (χ3n) is 3.12. The van der Waals surface area contributed by atoms with Gasteiger partial charge in [-0.3, -0.25) is 4.98 Å². The van der Waals surface area contributed by atoms with Gasteiger partial charge in [0.05, 0.1) is 23.9 Å². The minimum atomic E-state index is 0.809. The summed E-state index contributed by atoms with van der Waals surface area (Å²) in [5.41, 5.74) is 3.33. The molecule has 18 heavy (non-hydrogen) atoms. The number of benzene rings is 1.